The molecule has 0 bridgehead atoms. The molecule has 0 amide bonds. The highest BCUT2D eigenvalue weighted by atomic mass is 16.5. The van der Waals surface area contributed by atoms with Crippen LogP contribution in [-0.4, -0.2) is 31.3 Å². The number of nitrogens with one attached hydrogen (secondary N) is 1. The third kappa shape index (κ3) is 4.85. The molecule has 0 radical (unpaired) electrons. The number of nitrogens with zero attached hydrogens (tertiary/aromatic N) is 1. The summed E-state index contributed by atoms with van der Waals surface area (Å²) in [5.74, 6) is 1.61. The Labute approximate surface area is 103 Å². The van der Waals surface area contributed by atoms with Crippen molar-refractivity contribution in [2.75, 3.05) is 20.3 Å². The van der Waals surface area contributed by atoms with Crippen LogP contribution in [0.25, 0.3) is 0 Å². The number of hydrogen-bond donors (Lipinski definition) is 2. The molecule has 98 valence electrons. The normalized spacial score (nSPS) is 12.9. The molecule has 1 aromatic rings. The Kier molecular flexibility index (Phi) is 6.18. The lowest BCUT2D eigenvalue weighted by Crippen LogP contribution is -2.33. The molecule has 1 heterocycles. The second-order valence-electron chi connectivity index (χ2n) is 4.21. The molecule has 5 heteroatoms. The first-order chi connectivity index (χ1) is 8.17. The monoisotopic (exact) mass is 241 g/mol. The second kappa shape index (κ2) is 7.42. The Morgan fingerprint density at radius 1 is 1.47 bits per heavy atom. The molecule has 17 heavy (non-hydrogen) atoms. The van der Waals surface area contributed by atoms with Crippen LogP contribution in [0.1, 0.15) is 30.2 Å². The van der Waals surface area contributed by atoms with Gasteiger partial charge in [0.25, 0.3) is 0 Å². The molecule has 1 unspecified atom stereocenters. The molecule has 3 N–H and O–H groups in total. The second-order valence-corrected chi connectivity index (χ2v) is 4.21. The van der Waals surface area contributed by atoms with Gasteiger partial charge in [0.2, 0.25) is 5.89 Å². The van der Waals surface area contributed by atoms with Crippen LogP contribution in [0.3, 0.4) is 0 Å². The highest BCUT2D eigenvalue weighted by Gasteiger charge is 2.10. The van der Waals surface area contributed by atoms with Gasteiger partial charge in [-0.1, -0.05) is 0 Å². The molecular weight excluding hydrogens is 218 g/mol. The fourth-order valence-electron chi connectivity index (χ4n) is 1.66. The van der Waals surface area contributed by atoms with Gasteiger partial charge < -0.3 is 20.2 Å². The molecule has 1 atom stereocenters. The minimum absolute atomic E-state index is 0.302. The van der Waals surface area contributed by atoms with Gasteiger partial charge in [-0.25, -0.2) is 4.98 Å². The van der Waals surface area contributed by atoms with E-state index in [4.69, 9.17) is 14.9 Å². The van der Waals surface area contributed by atoms with E-state index in [2.05, 4.69) is 10.3 Å². The maximum atomic E-state index is 5.51. The first-order valence-electron chi connectivity index (χ1n) is 6.02. The third-order valence-electron chi connectivity index (χ3n) is 2.74. The van der Waals surface area contributed by atoms with Crippen molar-refractivity contribution in [3.8, 4) is 0 Å². The standard InChI is InChI=1S/C12H23N3O2/c1-9-10(2)17-12(15-9)7-14-11(8-16-3)5-4-6-13/h11,14H,4-8,13H2,1-3H3. The fraction of sp³-hybridized carbons (Fsp3) is 0.750. The Bertz CT molecular complexity index is 306. The number of methoxy groups -OCH3 is 1. The molecule has 5 nitrogen and oxygen atoms in total. The number of nitrogens with two attached hydrogens (primary N) is 1. The van der Waals surface area contributed by atoms with Crippen molar-refractivity contribution < 1.29 is 9.15 Å². The van der Waals surface area contributed by atoms with Gasteiger partial charge in [0.05, 0.1) is 18.8 Å². The van der Waals surface area contributed by atoms with E-state index < -0.39 is 0 Å². The predicted molar refractivity (Wildman–Crippen MR) is 66.8 cm³/mol. The summed E-state index contributed by atoms with van der Waals surface area (Å²) in [5.41, 5.74) is 6.45. The van der Waals surface area contributed by atoms with Crippen LogP contribution in [0.5, 0.6) is 0 Å². The van der Waals surface area contributed by atoms with Crippen LogP contribution in [0.2, 0.25) is 0 Å². The number of oxazole rings is 1. The average molecular weight is 241 g/mol. The highest BCUT2D eigenvalue weighted by molar-refractivity contribution is 5.05. The zero-order valence-corrected chi connectivity index (χ0v) is 11.0. The summed E-state index contributed by atoms with van der Waals surface area (Å²) in [4.78, 5) is 4.33. The van der Waals surface area contributed by atoms with Gasteiger partial charge in [0.1, 0.15) is 5.76 Å². The van der Waals surface area contributed by atoms with Gasteiger partial charge in [-0.2, -0.15) is 0 Å². The molecule has 0 fully saturated rings. The average Bonchev–Trinajstić information content (AvgIpc) is 2.62. The van der Waals surface area contributed by atoms with Crippen molar-refractivity contribution in [1.82, 2.24) is 10.3 Å². The molecule has 0 saturated carbocycles. The summed E-state index contributed by atoms with van der Waals surface area (Å²) >= 11 is 0. The zero-order chi connectivity index (χ0) is 12.7. The van der Waals surface area contributed by atoms with E-state index in [1.165, 1.54) is 0 Å². The van der Waals surface area contributed by atoms with Crippen LogP contribution < -0.4 is 11.1 Å². The molecule has 0 aliphatic heterocycles. The topological polar surface area (TPSA) is 73.3 Å². The van der Waals surface area contributed by atoms with Crippen LogP contribution >= 0.6 is 0 Å². The van der Waals surface area contributed by atoms with Gasteiger partial charge >= 0.3 is 0 Å². The van der Waals surface area contributed by atoms with E-state index in [0.29, 0.717) is 25.7 Å². The molecule has 0 aliphatic rings. The van der Waals surface area contributed by atoms with Crippen molar-refractivity contribution in [2.45, 2.75) is 39.3 Å². The van der Waals surface area contributed by atoms with Crippen LogP contribution in [0.4, 0.5) is 0 Å². The van der Waals surface area contributed by atoms with Gasteiger partial charge in [-0.3, -0.25) is 0 Å². The van der Waals surface area contributed by atoms with Crippen molar-refractivity contribution in [3.05, 3.63) is 17.3 Å². The summed E-state index contributed by atoms with van der Waals surface area (Å²) in [5, 5.41) is 3.38. The highest BCUT2D eigenvalue weighted by Crippen LogP contribution is 2.08. The lowest BCUT2D eigenvalue weighted by atomic mass is 10.1. The largest absolute Gasteiger partial charge is 0.444 e. The first kappa shape index (κ1) is 14.2. The molecule has 0 aromatic carbocycles. The van der Waals surface area contributed by atoms with Crippen molar-refractivity contribution in [2.24, 2.45) is 5.73 Å². The summed E-state index contributed by atoms with van der Waals surface area (Å²) in [6.45, 7) is 5.89. The molecule has 1 aromatic heterocycles. The summed E-state index contributed by atoms with van der Waals surface area (Å²) < 4.78 is 10.7. The summed E-state index contributed by atoms with van der Waals surface area (Å²) in [6.07, 6.45) is 1.99. The lowest BCUT2D eigenvalue weighted by molar-refractivity contribution is 0.159. The lowest BCUT2D eigenvalue weighted by Gasteiger charge is -2.16. The van der Waals surface area contributed by atoms with E-state index >= 15 is 0 Å². The third-order valence-corrected chi connectivity index (χ3v) is 2.74. The van der Waals surface area contributed by atoms with Gasteiger partial charge in [-0.15, -0.1) is 0 Å². The first-order valence-corrected chi connectivity index (χ1v) is 6.02. The molecule has 0 saturated heterocycles. The Morgan fingerprint density at radius 2 is 2.24 bits per heavy atom. The van der Waals surface area contributed by atoms with Gasteiger partial charge in [-0.05, 0) is 33.2 Å². The number of aryl methyl sites for hydroxylation is 2. The van der Waals surface area contributed by atoms with Crippen molar-refractivity contribution in [3.63, 3.8) is 0 Å². The summed E-state index contributed by atoms with van der Waals surface area (Å²) in [6, 6.07) is 0.302. The van der Waals surface area contributed by atoms with E-state index in [9.17, 15) is 0 Å². The number of ether oxygens (including phenoxy) is 1. The van der Waals surface area contributed by atoms with Crippen molar-refractivity contribution in [1.29, 1.82) is 0 Å². The Hall–Kier alpha value is -0.910. The molecule has 0 aliphatic carbocycles. The van der Waals surface area contributed by atoms with Crippen molar-refractivity contribution >= 4 is 0 Å². The van der Waals surface area contributed by atoms with Crippen LogP contribution in [0.15, 0.2) is 4.42 Å². The maximum absolute atomic E-state index is 5.51. The van der Waals surface area contributed by atoms with E-state index in [-0.39, 0.29) is 0 Å². The van der Waals surface area contributed by atoms with Crippen LogP contribution in [-0.2, 0) is 11.3 Å². The van der Waals surface area contributed by atoms with E-state index in [0.717, 1.165) is 30.2 Å². The Balaban J connectivity index is 2.39. The zero-order valence-electron chi connectivity index (χ0n) is 11.0. The fourth-order valence-corrected chi connectivity index (χ4v) is 1.66. The quantitative estimate of drug-likeness (QED) is 0.714. The van der Waals surface area contributed by atoms with Gasteiger partial charge in [0.15, 0.2) is 0 Å². The Morgan fingerprint density at radius 3 is 2.76 bits per heavy atom. The molecule has 0 spiro atoms. The molecular formula is C12H23N3O2. The van der Waals surface area contributed by atoms with Crippen LogP contribution in [0, 0.1) is 13.8 Å². The minimum atomic E-state index is 0.302. The maximum Gasteiger partial charge on any atom is 0.208 e. The summed E-state index contributed by atoms with van der Waals surface area (Å²) in [7, 11) is 1.70. The van der Waals surface area contributed by atoms with E-state index in [1.807, 2.05) is 13.8 Å². The number of rotatable bonds is 8. The molecule has 1 rings (SSSR count). The van der Waals surface area contributed by atoms with Gasteiger partial charge in [0, 0.05) is 13.2 Å². The van der Waals surface area contributed by atoms with E-state index in [1.54, 1.807) is 7.11 Å². The number of hydrogen-bond acceptors (Lipinski definition) is 5. The predicted octanol–water partition coefficient (Wildman–Crippen LogP) is 1.13. The minimum Gasteiger partial charge on any atom is -0.444 e. The number of aromatic nitrogens is 1. The smallest absolute Gasteiger partial charge is 0.208 e. The SMILES string of the molecule is COCC(CCCN)NCc1nc(C)c(C)o1.